The monoisotopic (exact) mass is 315 g/mol. The number of nitrogens with one attached hydrogen (secondary N) is 1. The van der Waals surface area contributed by atoms with Gasteiger partial charge in [0.1, 0.15) is 11.6 Å². The van der Waals surface area contributed by atoms with Crippen LogP contribution in [0.25, 0.3) is 0 Å². The molecule has 0 bridgehead atoms. The van der Waals surface area contributed by atoms with E-state index in [1.165, 1.54) is 31.0 Å². The molecule has 3 nitrogen and oxygen atoms in total. The lowest BCUT2D eigenvalue weighted by Crippen LogP contribution is -2.37. The van der Waals surface area contributed by atoms with Crippen molar-refractivity contribution in [1.29, 1.82) is 0 Å². The van der Waals surface area contributed by atoms with Crippen molar-refractivity contribution in [2.45, 2.75) is 25.9 Å². The van der Waals surface area contributed by atoms with Gasteiger partial charge in [-0.3, -0.25) is 4.79 Å². The second-order valence-electron chi connectivity index (χ2n) is 4.52. The van der Waals surface area contributed by atoms with Crippen LogP contribution in [-0.2, 0) is 4.79 Å². The first-order valence-corrected chi connectivity index (χ1v) is 6.75. The van der Waals surface area contributed by atoms with Gasteiger partial charge in [0.05, 0.1) is 4.47 Å². The molecule has 1 saturated carbocycles. The molecule has 1 N–H and O–H groups in total. The first-order chi connectivity index (χ1) is 8.56. The zero-order valence-electron chi connectivity index (χ0n) is 10.1. The maximum atomic E-state index is 12.9. The van der Waals surface area contributed by atoms with Crippen LogP contribution in [0.5, 0.6) is 5.75 Å². The van der Waals surface area contributed by atoms with Crippen LogP contribution >= 0.6 is 15.9 Å². The topological polar surface area (TPSA) is 38.3 Å². The van der Waals surface area contributed by atoms with Gasteiger partial charge in [0.2, 0.25) is 0 Å². The fraction of sp³-hybridized carbons (Fsp3) is 0.462. The molecule has 2 rings (SSSR count). The highest BCUT2D eigenvalue weighted by molar-refractivity contribution is 9.10. The summed E-state index contributed by atoms with van der Waals surface area (Å²) in [4.78, 5) is 11.7. The predicted molar refractivity (Wildman–Crippen MR) is 69.9 cm³/mol. The van der Waals surface area contributed by atoms with Crippen molar-refractivity contribution in [3.8, 4) is 5.75 Å². The van der Waals surface area contributed by atoms with E-state index in [0.29, 0.717) is 16.1 Å². The average molecular weight is 316 g/mol. The molecule has 0 radical (unpaired) electrons. The van der Waals surface area contributed by atoms with Gasteiger partial charge in [-0.25, -0.2) is 4.39 Å². The summed E-state index contributed by atoms with van der Waals surface area (Å²) >= 11 is 3.20. The minimum absolute atomic E-state index is 0.141. The Kier molecular flexibility index (Phi) is 4.22. The van der Waals surface area contributed by atoms with Gasteiger partial charge in [0.25, 0.3) is 5.91 Å². The van der Waals surface area contributed by atoms with Gasteiger partial charge < -0.3 is 10.1 Å². The van der Waals surface area contributed by atoms with Gasteiger partial charge in [-0.15, -0.1) is 0 Å². The number of hydrogen-bond acceptors (Lipinski definition) is 2. The summed E-state index contributed by atoms with van der Waals surface area (Å²) in [7, 11) is 0. The molecule has 0 aliphatic heterocycles. The van der Waals surface area contributed by atoms with E-state index in [4.69, 9.17) is 4.74 Å². The van der Waals surface area contributed by atoms with Crippen molar-refractivity contribution in [3.05, 3.63) is 28.5 Å². The molecular formula is C13H15BrFNO2. The van der Waals surface area contributed by atoms with E-state index in [1.807, 2.05) is 0 Å². The molecule has 0 heterocycles. The van der Waals surface area contributed by atoms with Crippen molar-refractivity contribution in [2.24, 2.45) is 5.92 Å². The van der Waals surface area contributed by atoms with Crippen LogP contribution in [0.3, 0.4) is 0 Å². The van der Waals surface area contributed by atoms with Gasteiger partial charge in [0, 0.05) is 6.54 Å². The number of hydrogen-bond donors (Lipinski definition) is 1. The highest BCUT2D eigenvalue weighted by Gasteiger charge is 2.23. The number of ether oxygens (including phenoxy) is 1. The summed E-state index contributed by atoms with van der Waals surface area (Å²) in [5.41, 5.74) is 0. The molecule has 98 valence electrons. The lowest BCUT2D eigenvalue weighted by atomic mass is 10.3. The number of carbonyl (C=O) groups is 1. The number of carbonyl (C=O) groups excluding carboxylic acids is 1. The molecule has 0 spiro atoms. The van der Waals surface area contributed by atoms with Gasteiger partial charge in [-0.2, -0.15) is 0 Å². The maximum absolute atomic E-state index is 12.9. The standard InChI is InChI=1S/C13H15BrFNO2/c1-8(13(17)16-7-9-2-3-9)18-12-5-4-10(15)6-11(12)14/h4-6,8-9H,2-3,7H2,1H3,(H,16,17). The molecule has 1 aromatic carbocycles. The molecule has 0 saturated heterocycles. The SMILES string of the molecule is CC(Oc1ccc(F)cc1Br)C(=O)NCC1CC1. The minimum atomic E-state index is -0.592. The quantitative estimate of drug-likeness (QED) is 0.907. The van der Waals surface area contributed by atoms with Crippen molar-refractivity contribution in [3.63, 3.8) is 0 Å². The van der Waals surface area contributed by atoms with Crippen molar-refractivity contribution >= 4 is 21.8 Å². The Labute approximate surface area is 114 Å². The van der Waals surface area contributed by atoms with Crippen molar-refractivity contribution in [2.75, 3.05) is 6.54 Å². The fourth-order valence-corrected chi connectivity index (χ4v) is 1.97. The van der Waals surface area contributed by atoms with E-state index >= 15 is 0 Å². The molecule has 1 fully saturated rings. The van der Waals surface area contributed by atoms with E-state index in [2.05, 4.69) is 21.2 Å². The molecule has 1 amide bonds. The normalized spacial score (nSPS) is 16.2. The summed E-state index contributed by atoms with van der Waals surface area (Å²) in [6, 6.07) is 4.11. The van der Waals surface area contributed by atoms with E-state index < -0.39 is 6.10 Å². The average Bonchev–Trinajstić information content (AvgIpc) is 3.13. The molecule has 1 aliphatic rings. The zero-order valence-corrected chi connectivity index (χ0v) is 11.7. The number of rotatable bonds is 5. The van der Waals surface area contributed by atoms with Gasteiger partial charge in [-0.1, -0.05) is 0 Å². The Morgan fingerprint density at radius 1 is 1.61 bits per heavy atom. The Morgan fingerprint density at radius 3 is 2.94 bits per heavy atom. The van der Waals surface area contributed by atoms with E-state index in [0.717, 1.165) is 6.54 Å². The Balaban J connectivity index is 1.88. The highest BCUT2D eigenvalue weighted by Crippen LogP contribution is 2.28. The maximum Gasteiger partial charge on any atom is 0.260 e. The third kappa shape index (κ3) is 3.70. The molecule has 1 aromatic rings. The summed E-state index contributed by atoms with van der Waals surface area (Å²) in [5, 5.41) is 2.84. The van der Waals surface area contributed by atoms with Crippen LogP contribution in [-0.4, -0.2) is 18.6 Å². The number of amides is 1. The van der Waals surface area contributed by atoms with Crippen LogP contribution in [0, 0.1) is 11.7 Å². The summed E-state index contributed by atoms with van der Waals surface area (Å²) in [6.45, 7) is 2.40. The highest BCUT2D eigenvalue weighted by atomic mass is 79.9. The molecule has 0 aromatic heterocycles. The fourth-order valence-electron chi connectivity index (χ4n) is 1.53. The lowest BCUT2D eigenvalue weighted by Gasteiger charge is -2.15. The van der Waals surface area contributed by atoms with Crippen molar-refractivity contribution < 1.29 is 13.9 Å². The molecule has 1 unspecified atom stereocenters. The molecule has 5 heteroatoms. The largest absolute Gasteiger partial charge is 0.480 e. The molecule has 18 heavy (non-hydrogen) atoms. The van der Waals surface area contributed by atoms with Crippen LogP contribution in [0.1, 0.15) is 19.8 Å². The summed E-state index contributed by atoms with van der Waals surface area (Å²) < 4.78 is 18.9. The smallest absolute Gasteiger partial charge is 0.260 e. The number of benzene rings is 1. The summed E-state index contributed by atoms with van der Waals surface area (Å²) in [6.07, 6.45) is 1.79. The van der Waals surface area contributed by atoms with Crippen molar-refractivity contribution in [1.82, 2.24) is 5.32 Å². The van der Waals surface area contributed by atoms with Crippen LogP contribution in [0.2, 0.25) is 0 Å². The van der Waals surface area contributed by atoms with Crippen LogP contribution in [0.15, 0.2) is 22.7 Å². The third-order valence-electron chi connectivity index (χ3n) is 2.83. The van der Waals surface area contributed by atoms with Crippen LogP contribution in [0.4, 0.5) is 4.39 Å². The predicted octanol–water partition coefficient (Wildman–Crippen LogP) is 2.88. The van der Waals surface area contributed by atoms with E-state index in [-0.39, 0.29) is 11.7 Å². The summed E-state index contributed by atoms with van der Waals surface area (Å²) in [5.74, 6) is 0.613. The van der Waals surface area contributed by atoms with E-state index in [9.17, 15) is 9.18 Å². The molecular weight excluding hydrogens is 301 g/mol. The van der Waals surface area contributed by atoms with Crippen LogP contribution < -0.4 is 10.1 Å². The van der Waals surface area contributed by atoms with Gasteiger partial charge in [-0.05, 0) is 59.8 Å². The third-order valence-corrected chi connectivity index (χ3v) is 3.45. The lowest BCUT2D eigenvalue weighted by molar-refractivity contribution is -0.127. The minimum Gasteiger partial charge on any atom is -0.480 e. The zero-order chi connectivity index (χ0) is 13.1. The van der Waals surface area contributed by atoms with Gasteiger partial charge >= 0.3 is 0 Å². The second kappa shape index (κ2) is 5.69. The Hall–Kier alpha value is -1.10. The molecule has 1 aliphatic carbocycles. The molecule has 1 atom stereocenters. The Morgan fingerprint density at radius 2 is 2.33 bits per heavy atom. The first kappa shape index (κ1) is 13.3. The van der Waals surface area contributed by atoms with Gasteiger partial charge in [0.15, 0.2) is 6.10 Å². The Bertz CT molecular complexity index is 449. The van der Waals surface area contributed by atoms with E-state index in [1.54, 1.807) is 6.92 Å². The first-order valence-electron chi connectivity index (χ1n) is 5.95. The number of halogens is 2. The second-order valence-corrected chi connectivity index (χ2v) is 5.38.